The van der Waals surface area contributed by atoms with Gasteiger partial charge in [0.2, 0.25) is 5.91 Å². The molecule has 6 nitrogen and oxygen atoms in total. The van der Waals surface area contributed by atoms with Gasteiger partial charge < -0.3 is 19.9 Å². The average molecular weight is 379 g/mol. The maximum atomic E-state index is 12.8. The van der Waals surface area contributed by atoms with E-state index < -0.39 is 0 Å². The number of carbonyl (C=O) groups is 2. The minimum atomic E-state index is -0.212. The fourth-order valence-corrected chi connectivity index (χ4v) is 4.14. The van der Waals surface area contributed by atoms with Crippen LogP contribution in [-0.2, 0) is 17.6 Å². The summed E-state index contributed by atoms with van der Waals surface area (Å²) in [6, 6.07) is 15.6. The number of para-hydroxylation sites is 2. The summed E-state index contributed by atoms with van der Waals surface area (Å²) >= 11 is 0. The summed E-state index contributed by atoms with van der Waals surface area (Å²) in [6.45, 7) is 0.448. The molecule has 28 heavy (non-hydrogen) atoms. The van der Waals surface area contributed by atoms with Gasteiger partial charge in [0.05, 0.1) is 18.8 Å². The van der Waals surface area contributed by atoms with E-state index in [0.717, 1.165) is 18.5 Å². The number of hydrogen-bond acceptors (Lipinski definition) is 3. The summed E-state index contributed by atoms with van der Waals surface area (Å²) in [5, 5.41) is 3.03. The number of urea groups is 1. The van der Waals surface area contributed by atoms with E-state index in [9.17, 15) is 9.59 Å². The lowest BCUT2D eigenvalue weighted by atomic mass is 10.1. The monoisotopic (exact) mass is 379 g/mol. The van der Waals surface area contributed by atoms with Gasteiger partial charge in [0.15, 0.2) is 0 Å². The minimum Gasteiger partial charge on any atom is -0.495 e. The summed E-state index contributed by atoms with van der Waals surface area (Å²) in [7, 11) is 3.42. The van der Waals surface area contributed by atoms with Crippen LogP contribution in [0.2, 0.25) is 0 Å². The zero-order chi connectivity index (χ0) is 19.7. The largest absolute Gasteiger partial charge is 0.495 e. The van der Waals surface area contributed by atoms with E-state index in [2.05, 4.69) is 17.4 Å². The third kappa shape index (κ3) is 3.42. The number of ether oxygens (including phenoxy) is 1. The van der Waals surface area contributed by atoms with Crippen LogP contribution in [0.4, 0.5) is 10.5 Å². The zero-order valence-corrected chi connectivity index (χ0v) is 16.2. The summed E-state index contributed by atoms with van der Waals surface area (Å²) in [5.74, 6) is 0.648. The highest BCUT2D eigenvalue weighted by molar-refractivity contribution is 5.98. The first-order valence-electron chi connectivity index (χ1n) is 9.60. The van der Waals surface area contributed by atoms with E-state index in [0.29, 0.717) is 18.7 Å². The fourth-order valence-electron chi connectivity index (χ4n) is 4.14. The Balaban J connectivity index is 1.38. The van der Waals surface area contributed by atoms with Crippen LogP contribution in [0.15, 0.2) is 48.5 Å². The summed E-state index contributed by atoms with van der Waals surface area (Å²) < 4.78 is 5.37. The molecule has 0 spiro atoms. The second-order valence-electron chi connectivity index (χ2n) is 7.47. The van der Waals surface area contributed by atoms with E-state index in [-0.39, 0.29) is 24.0 Å². The molecule has 0 radical (unpaired) electrons. The molecule has 1 N–H and O–H groups in total. The highest BCUT2D eigenvalue weighted by Crippen LogP contribution is 2.31. The number of likely N-dealkylation sites (N-methyl/N-ethyl adjacent to an activating group) is 1. The lowest BCUT2D eigenvalue weighted by molar-refractivity contribution is -0.117. The van der Waals surface area contributed by atoms with Gasteiger partial charge in [-0.3, -0.25) is 4.79 Å². The normalized spacial score (nSPS) is 18.9. The van der Waals surface area contributed by atoms with Crippen molar-refractivity contribution in [2.75, 3.05) is 25.6 Å². The molecule has 146 valence electrons. The Bertz CT molecular complexity index is 873. The molecule has 2 aromatic rings. The standard InChI is InChI=1S/C22H25N3O3/c1-24(18-11-15-7-3-4-8-16(15)12-18)22(27)23-17-13-21(26)25(14-17)19-9-5-6-10-20(19)28-2/h3-10,17-18H,11-14H2,1-2H3,(H,23,27). The Morgan fingerprint density at radius 2 is 1.71 bits per heavy atom. The van der Waals surface area contributed by atoms with Gasteiger partial charge in [-0.15, -0.1) is 0 Å². The highest BCUT2D eigenvalue weighted by Gasteiger charge is 2.35. The molecule has 1 unspecified atom stereocenters. The van der Waals surface area contributed by atoms with Gasteiger partial charge >= 0.3 is 6.03 Å². The van der Waals surface area contributed by atoms with Crippen LogP contribution in [0.1, 0.15) is 17.5 Å². The third-order valence-electron chi connectivity index (χ3n) is 5.73. The van der Waals surface area contributed by atoms with Crippen molar-refractivity contribution in [1.82, 2.24) is 10.2 Å². The Morgan fingerprint density at radius 3 is 2.39 bits per heavy atom. The number of methoxy groups -OCH3 is 1. The van der Waals surface area contributed by atoms with E-state index in [4.69, 9.17) is 4.74 Å². The van der Waals surface area contributed by atoms with Gasteiger partial charge in [0.1, 0.15) is 5.75 Å². The maximum Gasteiger partial charge on any atom is 0.317 e. The van der Waals surface area contributed by atoms with E-state index in [1.54, 1.807) is 16.9 Å². The molecule has 0 aromatic heterocycles. The third-order valence-corrected chi connectivity index (χ3v) is 5.73. The van der Waals surface area contributed by atoms with E-state index in [1.165, 1.54) is 11.1 Å². The molecule has 1 saturated heterocycles. The topological polar surface area (TPSA) is 61.9 Å². The van der Waals surface area contributed by atoms with Crippen molar-refractivity contribution in [3.63, 3.8) is 0 Å². The average Bonchev–Trinajstić information content (AvgIpc) is 3.30. The van der Waals surface area contributed by atoms with E-state index in [1.807, 2.05) is 43.4 Å². The number of fused-ring (bicyclic) bond motifs is 1. The molecular weight excluding hydrogens is 354 g/mol. The van der Waals surface area contributed by atoms with Crippen molar-refractivity contribution in [1.29, 1.82) is 0 Å². The molecule has 4 rings (SSSR count). The van der Waals surface area contributed by atoms with E-state index >= 15 is 0 Å². The highest BCUT2D eigenvalue weighted by atomic mass is 16.5. The summed E-state index contributed by atoms with van der Waals surface area (Å²) in [5.41, 5.74) is 3.36. The second-order valence-corrected chi connectivity index (χ2v) is 7.47. The van der Waals surface area contributed by atoms with Crippen molar-refractivity contribution in [3.8, 4) is 5.75 Å². The Morgan fingerprint density at radius 1 is 1.07 bits per heavy atom. The van der Waals surface area contributed by atoms with Crippen molar-refractivity contribution >= 4 is 17.6 Å². The zero-order valence-electron chi connectivity index (χ0n) is 16.2. The van der Waals surface area contributed by atoms with Crippen LogP contribution < -0.4 is 15.0 Å². The maximum absolute atomic E-state index is 12.8. The first-order chi connectivity index (χ1) is 13.6. The van der Waals surface area contributed by atoms with Gasteiger partial charge in [-0.1, -0.05) is 36.4 Å². The molecule has 1 fully saturated rings. The molecule has 6 heteroatoms. The van der Waals surface area contributed by atoms with Gasteiger partial charge in [-0.2, -0.15) is 0 Å². The van der Waals surface area contributed by atoms with Crippen LogP contribution in [0, 0.1) is 0 Å². The molecule has 0 bridgehead atoms. The van der Waals surface area contributed by atoms with Crippen LogP contribution in [0.5, 0.6) is 5.75 Å². The number of rotatable bonds is 4. The number of nitrogens with zero attached hydrogens (tertiary/aromatic N) is 2. The number of nitrogens with one attached hydrogen (secondary N) is 1. The molecule has 1 atom stereocenters. The minimum absolute atomic E-state index is 0.00859. The number of benzene rings is 2. The van der Waals surface area contributed by atoms with Gasteiger partial charge in [-0.05, 0) is 36.1 Å². The predicted molar refractivity (Wildman–Crippen MR) is 108 cm³/mol. The first kappa shape index (κ1) is 18.3. The Kier molecular flexibility index (Phi) is 4.94. The fraction of sp³-hybridized carbons (Fsp3) is 0.364. The van der Waals surface area contributed by atoms with Gasteiger partial charge in [-0.25, -0.2) is 4.79 Å². The SMILES string of the molecule is COc1ccccc1N1CC(NC(=O)N(C)C2Cc3ccccc3C2)CC1=O. The molecule has 1 heterocycles. The lowest BCUT2D eigenvalue weighted by Crippen LogP contribution is -2.48. The van der Waals surface area contributed by atoms with Crippen LogP contribution >= 0.6 is 0 Å². The van der Waals surface area contributed by atoms with Crippen molar-refractivity contribution in [3.05, 3.63) is 59.7 Å². The molecule has 1 aliphatic carbocycles. The lowest BCUT2D eigenvalue weighted by Gasteiger charge is -2.26. The van der Waals surface area contributed by atoms with Gasteiger partial charge in [0.25, 0.3) is 0 Å². The van der Waals surface area contributed by atoms with Crippen molar-refractivity contribution in [2.45, 2.75) is 31.3 Å². The smallest absolute Gasteiger partial charge is 0.317 e. The predicted octanol–water partition coefficient (Wildman–Crippen LogP) is 2.61. The Hall–Kier alpha value is -3.02. The number of hydrogen-bond donors (Lipinski definition) is 1. The summed E-state index contributed by atoms with van der Waals surface area (Å²) in [6.07, 6.45) is 2.04. The Labute approximate surface area is 165 Å². The quantitative estimate of drug-likeness (QED) is 0.888. The van der Waals surface area contributed by atoms with Crippen LogP contribution in [0.25, 0.3) is 0 Å². The molecule has 2 aliphatic rings. The first-order valence-corrected chi connectivity index (χ1v) is 9.60. The van der Waals surface area contributed by atoms with Crippen LogP contribution in [0.3, 0.4) is 0 Å². The number of carbonyl (C=O) groups excluding carboxylic acids is 2. The van der Waals surface area contributed by atoms with Crippen LogP contribution in [-0.4, -0.2) is 49.6 Å². The van der Waals surface area contributed by atoms with Crippen molar-refractivity contribution < 1.29 is 14.3 Å². The molecular formula is C22H25N3O3. The molecule has 1 aliphatic heterocycles. The summed E-state index contributed by atoms with van der Waals surface area (Å²) in [4.78, 5) is 28.7. The van der Waals surface area contributed by atoms with Crippen molar-refractivity contribution in [2.24, 2.45) is 0 Å². The molecule has 3 amide bonds. The number of amides is 3. The number of anilines is 1. The molecule has 0 saturated carbocycles. The molecule has 2 aromatic carbocycles. The second kappa shape index (κ2) is 7.54. The van der Waals surface area contributed by atoms with Gasteiger partial charge in [0, 0.05) is 26.1 Å².